The molecule has 1 atom stereocenters. The van der Waals surface area contributed by atoms with Crippen LogP contribution < -0.4 is 21.5 Å². The molecule has 0 aliphatic rings. The van der Waals surface area contributed by atoms with Crippen LogP contribution in [0.2, 0.25) is 0 Å². The Morgan fingerprint density at radius 3 is 2.42 bits per heavy atom. The molecule has 0 spiro atoms. The van der Waals surface area contributed by atoms with Gasteiger partial charge in [0.1, 0.15) is 11.6 Å². The number of nitrogens with two attached hydrogens (primary N) is 2. The van der Waals surface area contributed by atoms with Crippen molar-refractivity contribution < 1.29 is 9.53 Å². The van der Waals surface area contributed by atoms with Crippen LogP contribution in [0, 0.1) is 0 Å². The van der Waals surface area contributed by atoms with Crippen molar-refractivity contribution in [3.63, 3.8) is 0 Å². The molecule has 1 aromatic heterocycles. The monoisotopic (exact) mass is 348 g/mol. The van der Waals surface area contributed by atoms with Gasteiger partial charge in [0.25, 0.3) is 0 Å². The Morgan fingerprint density at radius 1 is 1.21 bits per heavy atom. The van der Waals surface area contributed by atoms with Gasteiger partial charge in [-0.3, -0.25) is 4.79 Å². The fourth-order valence-corrected chi connectivity index (χ4v) is 2.58. The lowest BCUT2D eigenvalue weighted by Gasteiger charge is -2.12. The number of carbonyl (C=O) groups is 1. The molecular formula is C15H20N6O2S. The maximum Gasteiger partial charge on any atom is 0.237 e. The van der Waals surface area contributed by atoms with Crippen molar-refractivity contribution in [2.45, 2.75) is 24.9 Å². The van der Waals surface area contributed by atoms with Crippen molar-refractivity contribution >= 4 is 35.3 Å². The second-order valence-electron chi connectivity index (χ2n) is 4.87. The summed E-state index contributed by atoms with van der Waals surface area (Å²) < 4.78 is 5.36. The van der Waals surface area contributed by atoms with Crippen molar-refractivity contribution in [2.24, 2.45) is 0 Å². The number of carbonyl (C=O) groups excluding carboxylic acids is 1. The molecule has 0 radical (unpaired) electrons. The van der Waals surface area contributed by atoms with Crippen LogP contribution in [0.5, 0.6) is 5.75 Å². The van der Waals surface area contributed by atoms with Crippen LogP contribution in [0.3, 0.4) is 0 Å². The number of nitrogens with one attached hydrogen (secondary N) is 1. The molecule has 5 N–H and O–H groups in total. The average Bonchev–Trinajstić information content (AvgIpc) is 2.54. The van der Waals surface area contributed by atoms with Crippen LogP contribution in [0.25, 0.3) is 0 Å². The highest BCUT2D eigenvalue weighted by molar-refractivity contribution is 7.99. The van der Waals surface area contributed by atoms with Gasteiger partial charge >= 0.3 is 0 Å². The number of thioether (sulfide) groups is 1. The summed E-state index contributed by atoms with van der Waals surface area (Å²) in [5.74, 6) is 1.66. The van der Waals surface area contributed by atoms with Crippen LogP contribution in [-0.4, -0.2) is 32.7 Å². The minimum atomic E-state index is -0.296. The first-order valence-corrected chi connectivity index (χ1v) is 8.44. The van der Waals surface area contributed by atoms with Gasteiger partial charge in [0.05, 0.1) is 17.6 Å². The van der Waals surface area contributed by atoms with E-state index in [9.17, 15) is 4.79 Å². The third-order valence-electron chi connectivity index (χ3n) is 2.98. The Morgan fingerprint density at radius 2 is 1.83 bits per heavy atom. The highest BCUT2D eigenvalue weighted by atomic mass is 32.2. The van der Waals surface area contributed by atoms with E-state index in [0.29, 0.717) is 23.9 Å². The zero-order chi connectivity index (χ0) is 17.5. The average molecular weight is 348 g/mol. The van der Waals surface area contributed by atoms with E-state index in [2.05, 4.69) is 20.3 Å². The molecule has 1 amide bonds. The predicted molar refractivity (Wildman–Crippen MR) is 95.6 cm³/mol. The summed E-state index contributed by atoms with van der Waals surface area (Å²) in [6.07, 6.45) is 0. The van der Waals surface area contributed by atoms with E-state index in [1.807, 2.05) is 26.0 Å². The zero-order valence-electron chi connectivity index (χ0n) is 13.5. The molecule has 0 unspecified atom stereocenters. The van der Waals surface area contributed by atoms with Gasteiger partial charge in [-0.15, -0.1) is 11.8 Å². The van der Waals surface area contributed by atoms with E-state index in [-0.39, 0.29) is 23.1 Å². The van der Waals surface area contributed by atoms with Crippen molar-refractivity contribution in [1.29, 1.82) is 0 Å². The number of hydrogen-bond donors (Lipinski definition) is 3. The molecule has 128 valence electrons. The van der Waals surface area contributed by atoms with E-state index in [1.54, 1.807) is 12.1 Å². The number of nitrogens with zero attached hydrogens (tertiary/aromatic N) is 3. The summed E-state index contributed by atoms with van der Waals surface area (Å²) in [5.41, 5.74) is 11.8. The van der Waals surface area contributed by atoms with Gasteiger partial charge in [-0.25, -0.2) is 0 Å². The molecule has 24 heavy (non-hydrogen) atoms. The second-order valence-corrected chi connectivity index (χ2v) is 6.20. The van der Waals surface area contributed by atoms with Gasteiger partial charge in [0, 0.05) is 5.69 Å². The SMILES string of the molecule is CCOc1ccc(NC(=O)[C@@H](C)SCc2nc(N)nc(N)n2)cc1. The number of benzene rings is 1. The lowest BCUT2D eigenvalue weighted by atomic mass is 10.3. The predicted octanol–water partition coefficient (Wildman–Crippen LogP) is 1.70. The summed E-state index contributed by atoms with van der Waals surface area (Å²) >= 11 is 1.38. The third kappa shape index (κ3) is 5.27. The Kier molecular flexibility index (Phi) is 6.19. The van der Waals surface area contributed by atoms with E-state index < -0.39 is 0 Å². The molecule has 9 heteroatoms. The highest BCUT2D eigenvalue weighted by Gasteiger charge is 2.15. The van der Waals surface area contributed by atoms with Crippen LogP contribution in [0.15, 0.2) is 24.3 Å². The van der Waals surface area contributed by atoms with Crippen LogP contribution in [-0.2, 0) is 10.5 Å². The van der Waals surface area contributed by atoms with Crippen LogP contribution in [0.4, 0.5) is 17.6 Å². The van der Waals surface area contributed by atoms with E-state index in [0.717, 1.165) is 5.75 Å². The molecule has 1 heterocycles. The van der Waals surface area contributed by atoms with Crippen LogP contribution >= 0.6 is 11.8 Å². The maximum atomic E-state index is 12.2. The van der Waals surface area contributed by atoms with Gasteiger partial charge in [-0.05, 0) is 38.1 Å². The van der Waals surface area contributed by atoms with Crippen LogP contribution in [0.1, 0.15) is 19.7 Å². The number of hydrogen-bond acceptors (Lipinski definition) is 8. The van der Waals surface area contributed by atoms with Crippen molar-refractivity contribution in [2.75, 3.05) is 23.4 Å². The van der Waals surface area contributed by atoms with Gasteiger partial charge in [0.2, 0.25) is 17.8 Å². The number of anilines is 3. The normalized spacial score (nSPS) is 11.8. The van der Waals surface area contributed by atoms with E-state index in [4.69, 9.17) is 16.2 Å². The van der Waals surface area contributed by atoms with Crippen molar-refractivity contribution in [3.05, 3.63) is 30.1 Å². The standard InChI is InChI=1S/C15H20N6O2S/c1-3-23-11-6-4-10(5-7-11)18-13(22)9(2)24-8-12-19-14(16)21-15(17)20-12/h4-7,9H,3,8H2,1-2H3,(H,18,22)(H4,16,17,19,20,21)/t9-/m1/s1. The summed E-state index contributed by atoms with van der Waals surface area (Å²) in [6, 6.07) is 7.22. The lowest BCUT2D eigenvalue weighted by Crippen LogP contribution is -2.22. The number of nitrogen functional groups attached to an aromatic ring is 2. The maximum absolute atomic E-state index is 12.2. The molecule has 0 fully saturated rings. The molecular weight excluding hydrogens is 328 g/mol. The molecule has 0 bridgehead atoms. The topological polar surface area (TPSA) is 129 Å². The largest absolute Gasteiger partial charge is 0.494 e. The van der Waals surface area contributed by atoms with E-state index >= 15 is 0 Å². The first kappa shape index (κ1) is 17.8. The number of amides is 1. The number of aromatic nitrogens is 3. The second kappa shape index (κ2) is 8.34. The molecule has 0 saturated heterocycles. The van der Waals surface area contributed by atoms with Crippen molar-refractivity contribution in [1.82, 2.24) is 15.0 Å². The quantitative estimate of drug-likeness (QED) is 0.689. The first-order chi connectivity index (χ1) is 11.5. The molecule has 0 aliphatic carbocycles. The molecule has 0 aliphatic heterocycles. The molecule has 0 saturated carbocycles. The minimum absolute atomic E-state index is 0.0737. The molecule has 8 nitrogen and oxygen atoms in total. The summed E-state index contributed by atoms with van der Waals surface area (Å²) in [6.45, 7) is 4.33. The fraction of sp³-hybridized carbons (Fsp3) is 0.333. The Labute approximate surface area is 144 Å². The Bertz CT molecular complexity index is 675. The zero-order valence-corrected chi connectivity index (χ0v) is 14.3. The Balaban J connectivity index is 1.87. The van der Waals surface area contributed by atoms with Gasteiger partial charge < -0.3 is 21.5 Å². The number of ether oxygens (including phenoxy) is 1. The molecule has 1 aromatic carbocycles. The van der Waals surface area contributed by atoms with E-state index in [1.165, 1.54) is 11.8 Å². The molecule has 2 aromatic rings. The summed E-state index contributed by atoms with van der Waals surface area (Å²) in [7, 11) is 0. The summed E-state index contributed by atoms with van der Waals surface area (Å²) in [5, 5.41) is 2.56. The van der Waals surface area contributed by atoms with Gasteiger partial charge in [-0.2, -0.15) is 15.0 Å². The van der Waals surface area contributed by atoms with Gasteiger partial charge in [0.15, 0.2) is 0 Å². The highest BCUT2D eigenvalue weighted by Crippen LogP contribution is 2.20. The lowest BCUT2D eigenvalue weighted by molar-refractivity contribution is -0.115. The molecule has 2 rings (SSSR count). The number of rotatable bonds is 7. The van der Waals surface area contributed by atoms with Gasteiger partial charge in [-0.1, -0.05) is 0 Å². The van der Waals surface area contributed by atoms with Crippen molar-refractivity contribution in [3.8, 4) is 5.75 Å². The fourth-order valence-electron chi connectivity index (χ4n) is 1.84. The smallest absolute Gasteiger partial charge is 0.237 e. The first-order valence-electron chi connectivity index (χ1n) is 7.39. The Hall–Kier alpha value is -2.55. The minimum Gasteiger partial charge on any atom is -0.494 e. The third-order valence-corrected chi connectivity index (χ3v) is 4.12. The summed E-state index contributed by atoms with van der Waals surface area (Å²) in [4.78, 5) is 23.9.